The molecule has 0 radical (unpaired) electrons. The fraction of sp³-hybridized carbons (Fsp3) is 0.231. The highest BCUT2D eigenvalue weighted by Crippen LogP contribution is 2.61. The van der Waals surface area contributed by atoms with Crippen molar-refractivity contribution >= 4 is 51.5 Å². The van der Waals surface area contributed by atoms with Crippen LogP contribution in [0.5, 0.6) is 0 Å². The average molecular weight is 541 g/mol. The lowest BCUT2D eigenvalue weighted by Crippen LogP contribution is -2.64. The van der Waals surface area contributed by atoms with Crippen molar-refractivity contribution in [3.8, 4) is 11.1 Å². The van der Waals surface area contributed by atoms with Gasteiger partial charge >= 0.3 is 0 Å². The molecular weight excluding hydrogens is 507 g/mol. The maximum atomic E-state index is 2.81. The molecule has 3 heteroatoms. The van der Waals surface area contributed by atoms with Crippen LogP contribution in [-0.4, -0.2) is 12.3 Å². The van der Waals surface area contributed by atoms with Crippen molar-refractivity contribution in [2.45, 2.75) is 56.9 Å². The molecule has 42 heavy (non-hydrogen) atoms. The molecule has 0 N–H and O–H groups in total. The monoisotopic (exact) mass is 540 g/mol. The molecule has 1 saturated carbocycles. The van der Waals surface area contributed by atoms with E-state index < -0.39 is 0 Å². The number of para-hydroxylation sites is 2. The molecule has 0 saturated heterocycles. The quantitative estimate of drug-likeness (QED) is 0.198. The van der Waals surface area contributed by atoms with Crippen LogP contribution in [0.2, 0.25) is 0 Å². The van der Waals surface area contributed by atoms with E-state index in [0.29, 0.717) is 0 Å². The summed E-state index contributed by atoms with van der Waals surface area (Å²) in [6.45, 7) is 5.34. The van der Waals surface area contributed by atoms with Crippen molar-refractivity contribution in [2.24, 2.45) is 0 Å². The van der Waals surface area contributed by atoms with Crippen molar-refractivity contribution in [1.82, 2.24) is 0 Å². The largest absolute Gasteiger partial charge is 0.335 e. The zero-order valence-electron chi connectivity index (χ0n) is 24.3. The number of rotatable bonds is 1. The van der Waals surface area contributed by atoms with E-state index in [0.717, 1.165) is 6.42 Å². The Kier molecular flexibility index (Phi) is 4.32. The highest BCUT2D eigenvalue weighted by Gasteiger charge is 2.61. The first kappa shape index (κ1) is 23.3. The number of nitrogens with zero attached hydrogens (tertiary/aromatic N) is 2. The van der Waals surface area contributed by atoms with E-state index in [1.807, 2.05) is 0 Å². The number of anilines is 5. The Hall–Kier alpha value is -4.24. The molecule has 202 valence electrons. The van der Waals surface area contributed by atoms with Gasteiger partial charge in [0.15, 0.2) is 0 Å². The first-order chi connectivity index (χ1) is 20.6. The predicted molar refractivity (Wildman–Crippen MR) is 177 cm³/mol. The van der Waals surface area contributed by atoms with Crippen LogP contribution in [0.3, 0.4) is 0 Å². The molecule has 2 aliphatic carbocycles. The van der Waals surface area contributed by atoms with Crippen LogP contribution < -0.4 is 26.2 Å². The van der Waals surface area contributed by atoms with E-state index in [-0.39, 0.29) is 17.7 Å². The van der Waals surface area contributed by atoms with Gasteiger partial charge in [0.2, 0.25) is 0 Å². The standard InChI is InChI=1S/C39H33BN2/c1-38-20-8-9-21-39(38,2)42-34-19-11-18-33-36(34)40(31-17-10-16-30(38)37(31)42)32-23-26-22-25-12-6-7-15-28(25)29(26)24-35(32)41(33)27-13-4-3-5-14-27/h3-7,10-19,23-24H,8-9,20-22H2,1-2H3. The summed E-state index contributed by atoms with van der Waals surface area (Å²) in [5.41, 5.74) is 18.7. The lowest BCUT2D eigenvalue weighted by Gasteiger charge is -2.52. The van der Waals surface area contributed by atoms with Crippen LogP contribution in [0.25, 0.3) is 11.1 Å². The minimum Gasteiger partial charge on any atom is -0.335 e. The smallest absolute Gasteiger partial charge is 0.252 e. The summed E-state index contributed by atoms with van der Waals surface area (Å²) >= 11 is 0. The fourth-order valence-electron chi connectivity index (χ4n) is 9.71. The Morgan fingerprint density at radius 3 is 2.33 bits per heavy atom. The third kappa shape index (κ3) is 2.61. The summed E-state index contributed by atoms with van der Waals surface area (Å²) in [5.74, 6) is 0. The summed E-state index contributed by atoms with van der Waals surface area (Å²) in [5, 5.41) is 0. The van der Waals surface area contributed by atoms with Gasteiger partial charge in [0, 0.05) is 33.9 Å². The number of hydrogen-bond donors (Lipinski definition) is 0. The number of hydrogen-bond acceptors (Lipinski definition) is 2. The van der Waals surface area contributed by atoms with Crippen molar-refractivity contribution in [3.63, 3.8) is 0 Å². The first-order valence-corrected chi connectivity index (χ1v) is 15.8. The Labute approximate surface area is 248 Å². The van der Waals surface area contributed by atoms with Crippen LogP contribution in [0.1, 0.15) is 56.2 Å². The van der Waals surface area contributed by atoms with Gasteiger partial charge in [-0.15, -0.1) is 0 Å². The fourth-order valence-corrected chi connectivity index (χ4v) is 9.71. The minimum atomic E-state index is 0.0706. The molecule has 3 heterocycles. The third-order valence-electron chi connectivity index (χ3n) is 11.8. The average Bonchev–Trinajstić information content (AvgIpc) is 3.49. The Balaban J connectivity index is 1.32. The lowest BCUT2D eigenvalue weighted by atomic mass is 9.33. The SMILES string of the molecule is CC12CCCCC1(C)N1c3cccc4c3B(c3cc5c(cc3N4c3ccccc3)-c3ccccc3C5)c3cccc2c31. The van der Waals surface area contributed by atoms with Crippen molar-refractivity contribution in [3.05, 3.63) is 120 Å². The second-order valence-electron chi connectivity index (χ2n) is 13.6. The Bertz CT molecular complexity index is 1980. The zero-order valence-corrected chi connectivity index (χ0v) is 24.3. The van der Waals surface area contributed by atoms with Crippen molar-refractivity contribution in [1.29, 1.82) is 0 Å². The predicted octanol–water partition coefficient (Wildman–Crippen LogP) is 7.61. The summed E-state index contributed by atoms with van der Waals surface area (Å²) in [6, 6.07) is 39.5. The van der Waals surface area contributed by atoms with Gasteiger partial charge in [0.05, 0.1) is 5.54 Å². The van der Waals surface area contributed by atoms with Crippen LogP contribution in [0.4, 0.5) is 28.4 Å². The topological polar surface area (TPSA) is 6.48 Å². The zero-order chi connectivity index (χ0) is 27.8. The molecule has 0 spiro atoms. The third-order valence-corrected chi connectivity index (χ3v) is 11.8. The number of fused-ring (bicyclic) bond motifs is 10. The van der Waals surface area contributed by atoms with Gasteiger partial charge in [-0.05, 0) is 101 Å². The second-order valence-corrected chi connectivity index (χ2v) is 13.6. The molecule has 1 fully saturated rings. The first-order valence-electron chi connectivity index (χ1n) is 15.8. The molecule has 2 nitrogen and oxygen atoms in total. The molecular formula is C39H33BN2. The van der Waals surface area contributed by atoms with Crippen LogP contribution in [-0.2, 0) is 11.8 Å². The van der Waals surface area contributed by atoms with Gasteiger partial charge in [-0.3, -0.25) is 0 Å². The summed E-state index contributed by atoms with van der Waals surface area (Å²) in [6.07, 6.45) is 6.12. The molecule has 5 aliphatic rings. The van der Waals surface area contributed by atoms with Gasteiger partial charge in [0.1, 0.15) is 0 Å². The van der Waals surface area contributed by atoms with Gasteiger partial charge < -0.3 is 9.80 Å². The summed E-state index contributed by atoms with van der Waals surface area (Å²) < 4.78 is 0. The second kappa shape index (κ2) is 7.78. The van der Waals surface area contributed by atoms with Gasteiger partial charge in [-0.1, -0.05) is 92.6 Å². The van der Waals surface area contributed by atoms with Gasteiger partial charge in [-0.25, -0.2) is 0 Å². The van der Waals surface area contributed by atoms with Crippen LogP contribution in [0, 0.1) is 0 Å². The molecule has 3 aliphatic heterocycles. The van der Waals surface area contributed by atoms with Crippen LogP contribution in [0.15, 0.2) is 103 Å². The molecule has 5 aromatic rings. The molecule has 2 unspecified atom stereocenters. The molecule has 5 aromatic carbocycles. The number of benzene rings is 5. The van der Waals surface area contributed by atoms with E-state index in [2.05, 4.69) is 127 Å². The Morgan fingerprint density at radius 2 is 1.43 bits per heavy atom. The maximum absolute atomic E-state index is 2.81. The summed E-state index contributed by atoms with van der Waals surface area (Å²) in [7, 11) is 0. The molecule has 0 amide bonds. The molecule has 0 aromatic heterocycles. The van der Waals surface area contributed by atoms with E-state index in [1.54, 1.807) is 5.56 Å². The highest BCUT2D eigenvalue weighted by molar-refractivity contribution is 7.00. The summed E-state index contributed by atoms with van der Waals surface area (Å²) in [4.78, 5) is 5.36. The maximum Gasteiger partial charge on any atom is 0.252 e. The molecule has 10 rings (SSSR count). The molecule has 0 bridgehead atoms. The van der Waals surface area contributed by atoms with E-state index in [4.69, 9.17) is 0 Å². The van der Waals surface area contributed by atoms with Crippen molar-refractivity contribution < 1.29 is 0 Å². The van der Waals surface area contributed by atoms with Crippen molar-refractivity contribution in [2.75, 3.05) is 9.80 Å². The van der Waals surface area contributed by atoms with E-state index in [1.165, 1.54) is 92.8 Å². The highest BCUT2D eigenvalue weighted by atomic mass is 15.3. The van der Waals surface area contributed by atoms with E-state index in [9.17, 15) is 0 Å². The van der Waals surface area contributed by atoms with Crippen LogP contribution >= 0.6 is 0 Å². The van der Waals surface area contributed by atoms with E-state index >= 15 is 0 Å². The van der Waals surface area contributed by atoms with Gasteiger partial charge in [-0.2, -0.15) is 0 Å². The minimum absolute atomic E-state index is 0.0706. The van der Waals surface area contributed by atoms with Gasteiger partial charge in [0.25, 0.3) is 6.71 Å². The Morgan fingerprint density at radius 1 is 0.643 bits per heavy atom. The normalized spacial score (nSPS) is 23.5. The molecule has 2 atom stereocenters. The lowest BCUT2D eigenvalue weighted by molar-refractivity contribution is 0.195.